The standard InChI is InChI=1S/C24H30N4O3/c1-25-24(27-15-19-7-2-4-9-21(19)30-16-18-11-12-18)26-13-6-14-28-20-8-3-5-10-22(20)31-17-23(28)29/h2-5,7-10,18H,6,11-17H2,1H3,(H2,25,26,27). The van der Waals surface area contributed by atoms with Gasteiger partial charge in [-0.2, -0.15) is 0 Å². The Labute approximate surface area is 183 Å². The first-order valence-electron chi connectivity index (χ1n) is 10.9. The molecule has 164 valence electrons. The van der Waals surface area contributed by atoms with Gasteiger partial charge < -0.3 is 25.0 Å². The van der Waals surface area contributed by atoms with Gasteiger partial charge in [0, 0.05) is 32.2 Å². The zero-order chi connectivity index (χ0) is 21.5. The number of carbonyl (C=O) groups excluding carboxylic acids is 1. The summed E-state index contributed by atoms with van der Waals surface area (Å²) in [6.07, 6.45) is 3.35. The molecule has 4 rings (SSSR count). The monoisotopic (exact) mass is 422 g/mol. The summed E-state index contributed by atoms with van der Waals surface area (Å²) in [5.74, 6) is 3.13. The zero-order valence-corrected chi connectivity index (χ0v) is 18.0. The van der Waals surface area contributed by atoms with Crippen LogP contribution in [-0.4, -0.2) is 45.2 Å². The Bertz CT molecular complexity index is 927. The van der Waals surface area contributed by atoms with E-state index in [0.717, 1.165) is 47.7 Å². The minimum absolute atomic E-state index is 0.0102. The Morgan fingerprint density at radius 1 is 1.16 bits per heavy atom. The molecule has 0 radical (unpaired) electrons. The van der Waals surface area contributed by atoms with Crippen LogP contribution < -0.4 is 25.0 Å². The number of anilines is 1. The smallest absolute Gasteiger partial charge is 0.265 e. The molecule has 7 heteroatoms. The van der Waals surface area contributed by atoms with E-state index in [2.05, 4.69) is 21.7 Å². The normalized spacial score (nSPS) is 15.8. The number of carbonyl (C=O) groups is 1. The van der Waals surface area contributed by atoms with Crippen molar-refractivity contribution in [2.45, 2.75) is 25.8 Å². The van der Waals surface area contributed by atoms with Crippen LogP contribution in [0.4, 0.5) is 5.69 Å². The van der Waals surface area contributed by atoms with Gasteiger partial charge >= 0.3 is 0 Å². The molecule has 2 N–H and O–H groups in total. The third-order valence-corrected chi connectivity index (χ3v) is 5.47. The van der Waals surface area contributed by atoms with E-state index in [1.807, 2.05) is 42.5 Å². The number of guanidine groups is 1. The number of aliphatic imine (C=N–C) groups is 1. The Morgan fingerprint density at radius 3 is 2.81 bits per heavy atom. The summed E-state index contributed by atoms with van der Waals surface area (Å²) < 4.78 is 11.5. The maximum Gasteiger partial charge on any atom is 0.265 e. The van der Waals surface area contributed by atoms with Gasteiger partial charge in [0.25, 0.3) is 5.91 Å². The highest BCUT2D eigenvalue weighted by Gasteiger charge is 2.24. The number of benzene rings is 2. The molecule has 0 aromatic heterocycles. The molecule has 0 spiro atoms. The Balaban J connectivity index is 1.23. The average molecular weight is 423 g/mol. The third-order valence-electron chi connectivity index (χ3n) is 5.47. The van der Waals surface area contributed by atoms with Crippen molar-refractivity contribution in [1.82, 2.24) is 10.6 Å². The van der Waals surface area contributed by atoms with Crippen molar-refractivity contribution in [3.05, 3.63) is 54.1 Å². The van der Waals surface area contributed by atoms with Crippen LogP contribution in [0.15, 0.2) is 53.5 Å². The molecule has 0 bridgehead atoms. The van der Waals surface area contributed by atoms with Crippen molar-refractivity contribution in [2.75, 3.05) is 38.3 Å². The summed E-state index contributed by atoms with van der Waals surface area (Å²) in [6, 6.07) is 15.8. The maximum absolute atomic E-state index is 12.3. The minimum Gasteiger partial charge on any atom is -0.493 e. The van der Waals surface area contributed by atoms with Gasteiger partial charge in [-0.25, -0.2) is 0 Å². The summed E-state index contributed by atoms with van der Waals surface area (Å²) in [7, 11) is 1.76. The van der Waals surface area contributed by atoms with Crippen LogP contribution in [0.5, 0.6) is 11.5 Å². The fourth-order valence-electron chi connectivity index (χ4n) is 3.53. The molecule has 1 amide bonds. The summed E-state index contributed by atoms with van der Waals surface area (Å²) >= 11 is 0. The fraction of sp³-hybridized carbons (Fsp3) is 0.417. The highest BCUT2D eigenvalue weighted by atomic mass is 16.5. The van der Waals surface area contributed by atoms with Crippen LogP contribution in [0, 0.1) is 5.92 Å². The summed E-state index contributed by atoms with van der Waals surface area (Å²) in [4.78, 5) is 18.4. The van der Waals surface area contributed by atoms with Gasteiger partial charge in [0.15, 0.2) is 12.6 Å². The number of nitrogens with one attached hydrogen (secondary N) is 2. The van der Waals surface area contributed by atoms with Crippen LogP contribution in [0.1, 0.15) is 24.8 Å². The molecule has 0 unspecified atom stereocenters. The zero-order valence-electron chi connectivity index (χ0n) is 18.0. The number of fused-ring (bicyclic) bond motifs is 1. The molecule has 1 heterocycles. The van der Waals surface area contributed by atoms with Crippen LogP contribution in [0.2, 0.25) is 0 Å². The van der Waals surface area contributed by atoms with E-state index >= 15 is 0 Å². The Kier molecular flexibility index (Phi) is 6.92. The van der Waals surface area contributed by atoms with Crippen LogP contribution in [0.3, 0.4) is 0 Å². The first-order chi connectivity index (χ1) is 15.2. The molecule has 2 aromatic carbocycles. The van der Waals surface area contributed by atoms with E-state index in [1.165, 1.54) is 12.8 Å². The van der Waals surface area contributed by atoms with Crippen molar-refractivity contribution < 1.29 is 14.3 Å². The van der Waals surface area contributed by atoms with Crippen LogP contribution in [-0.2, 0) is 11.3 Å². The Hall–Kier alpha value is -3.22. The van der Waals surface area contributed by atoms with Crippen molar-refractivity contribution in [1.29, 1.82) is 0 Å². The molecule has 1 aliphatic carbocycles. The highest BCUT2D eigenvalue weighted by molar-refractivity contribution is 5.97. The molecular formula is C24H30N4O3. The molecule has 31 heavy (non-hydrogen) atoms. The summed E-state index contributed by atoms with van der Waals surface area (Å²) in [5.41, 5.74) is 1.95. The predicted octanol–water partition coefficient (Wildman–Crippen LogP) is 2.96. The second-order valence-corrected chi connectivity index (χ2v) is 7.87. The molecule has 1 aliphatic heterocycles. The van der Waals surface area contributed by atoms with Crippen molar-refractivity contribution in [3.63, 3.8) is 0 Å². The number of nitrogens with zero attached hydrogens (tertiary/aromatic N) is 2. The molecule has 7 nitrogen and oxygen atoms in total. The van der Waals surface area contributed by atoms with E-state index in [0.29, 0.717) is 19.6 Å². The van der Waals surface area contributed by atoms with E-state index in [1.54, 1.807) is 11.9 Å². The molecule has 0 saturated heterocycles. The quantitative estimate of drug-likeness (QED) is 0.369. The van der Waals surface area contributed by atoms with Crippen molar-refractivity contribution in [2.24, 2.45) is 10.9 Å². The average Bonchev–Trinajstić information content (AvgIpc) is 3.63. The van der Waals surface area contributed by atoms with E-state index in [4.69, 9.17) is 9.47 Å². The molecule has 0 atom stereocenters. The lowest BCUT2D eigenvalue weighted by Gasteiger charge is -2.29. The van der Waals surface area contributed by atoms with E-state index in [-0.39, 0.29) is 12.5 Å². The first kappa shape index (κ1) is 21.0. The largest absolute Gasteiger partial charge is 0.493 e. The SMILES string of the molecule is CN=C(NCCCN1C(=O)COc2ccccc21)NCc1ccccc1OCC1CC1. The van der Waals surface area contributed by atoms with Gasteiger partial charge in [-0.1, -0.05) is 30.3 Å². The molecule has 1 saturated carbocycles. The lowest BCUT2D eigenvalue weighted by atomic mass is 10.2. The molecule has 2 aliphatic rings. The second kappa shape index (κ2) is 10.2. The van der Waals surface area contributed by atoms with E-state index in [9.17, 15) is 4.79 Å². The van der Waals surface area contributed by atoms with Gasteiger partial charge in [0.2, 0.25) is 0 Å². The van der Waals surface area contributed by atoms with Crippen LogP contribution in [0.25, 0.3) is 0 Å². The first-order valence-corrected chi connectivity index (χ1v) is 10.9. The lowest BCUT2D eigenvalue weighted by molar-refractivity contribution is -0.121. The molecular weight excluding hydrogens is 392 g/mol. The van der Waals surface area contributed by atoms with Crippen molar-refractivity contribution >= 4 is 17.6 Å². The van der Waals surface area contributed by atoms with Gasteiger partial charge in [-0.15, -0.1) is 0 Å². The number of rotatable bonds is 9. The Morgan fingerprint density at radius 2 is 1.97 bits per heavy atom. The topological polar surface area (TPSA) is 75.2 Å². The fourth-order valence-corrected chi connectivity index (χ4v) is 3.53. The minimum atomic E-state index is -0.0102. The lowest BCUT2D eigenvalue weighted by Crippen LogP contribution is -2.42. The summed E-state index contributed by atoms with van der Waals surface area (Å²) in [5, 5.41) is 6.68. The maximum atomic E-state index is 12.3. The third kappa shape index (κ3) is 5.69. The van der Waals surface area contributed by atoms with Crippen molar-refractivity contribution in [3.8, 4) is 11.5 Å². The predicted molar refractivity (Wildman–Crippen MR) is 122 cm³/mol. The second-order valence-electron chi connectivity index (χ2n) is 7.87. The number of para-hydroxylation sites is 3. The number of hydrogen-bond acceptors (Lipinski definition) is 4. The van der Waals surface area contributed by atoms with Gasteiger partial charge in [-0.05, 0) is 43.4 Å². The number of amides is 1. The number of hydrogen-bond donors (Lipinski definition) is 2. The summed E-state index contributed by atoms with van der Waals surface area (Å²) in [6.45, 7) is 2.85. The van der Waals surface area contributed by atoms with E-state index < -0.39 is 0 Å². The molecule has 2 aromatic rings. The number of ether oxygens (including phenoxy) is 2. The van der Waals surface area contributed by atoms with Gasteiger partial charge in [0.1, 0.15) is 11.5 Å². The molecule has 1 fully saturated rings. The van der Waals surface area contributed by atoms with Gasteiger partial charge in [0.05, 0.1) is 12.3 Å². The van der Waals surface area contributed by atoms with Gasteiger partial charge in [-0.3, -0.25) is 9.79 Å². The highest BCUT2D eigenvalue weighted by Crippen LogP contribution is 2.31. The van der Waals surface area contributed by atoms with Crippen LogP contribution >= 0.6 is 0 Å².